The summed E-state index contributed by atoms with van der Waals surface area (Å²) < 4.78 is 5.39. The molecule has 0 aliphatic heterocycles. The zero-order chi connectivity index (χ0) is 19.0. The second kappa shape index (κ2) is 11.6. The number of carbonyl (C=O) groups excluding carboxylic acids is 1. The lowest BCUT2D eigenvalue weighted by Crippen LogP contribution is -2.42. The molecular weight excluding hydrogens is 463 g/mol. The highest BCUT2D eigenvalue weighted by molar-refractivity contribution is 14.0. The van der Waals surface area contributed by atoms with E-state index in [0.29, 0.717) is 0 Å². The van der Waals surface area contributed by atoms with Gasteiger partial charge in [-0.2, -0.15) is 0 Å². The summed E-state index contributed by atoms with van der Waals surface area (Å²) in [6.07, 6.45) is 0.504. The monoisotopic (exact) mass is 496 g/mol. The van der Waals surface area contributed by atoms with Crippen LogP contribution in [0.1, 0.15) is 44.6 Å². The molecule has 1 unspecified atom stereocenters. The van der Waals surface area contributed by atoms with Crippen molar-refractivity contribution in [3.63, 3.8) is 0 Å². The summed E-state index contributed by atoms with van der Waals surface area (Å²) in [6.45, 7) is 11.2. The van der Waals surface area contributed by atoms with E-state index in [0.717, 1.165) is 25.5 Å². The Bertz CT molecular complexity index is 584. The first-order chi connectivity index (χ1) is 11.6. The number of nitrogens with zero attached hydrogens (tertiary/aromatic N) is 2. The SMILES string of the molecule is CN=C(NCCC(C)N(C)C(=O)OC(C)(C)C)NCc1sccc1C.I. The number of halogens is 1. The van der Waals surface area contributed by atoms with E-state index >= 15 is 0 Å². The van der Waals surface area contributed by atoms with E-state index in [4.69, 9.17) is 4.74 Å². The van der Waals surface area contributed by atoms with Crippen LogP contribution in [0.3, 0.4) is 0 Å². The maximum Gasteiger partial charge on any atom is 0.410 e. The van der Waals surface area contributed by atoms with Crippen molar-refractivity contribution in [2.45, 2.75) is 59.2 Å². The van der Waals surface area contributed by atoms with Gasteiger partial charge in [0.15, 0.2) is 5.96 Å². The zero-order valence-corrected chi connectivity index (χ0v) is 20.0. The number of thiophene rings is 1. The van der Waals surface area contributed by atoms with Gasteiger partial charge in [0.1, 0.15) is 5.60 Å². The second-order valence-corrected chi connectivity index (χ2v) is 8.11. The molecule has 0 saturated heterocycles. The van der Waals surface area contributed by atoms with Crippen LogP contribution >= 0.6 is 35.3 Å². The van der Waals surface area contributed by atoms with Crippen molar-refractivity contribution in [1.82, 2.24) is 15.5 Å². The number of guanidine groups is 1. The average Bonchev–Trinajstić information content (AvgIpc) is 2.93. The minimum atomic E-state index is -0.477. The normalized spacial score (nSPS) is 12.8. The van der Waals surface area contributed by atoms with Crippen molar-refractivity contribution < 1.29 is 9.53 Å². The summed E-state index contributed by atoms with van der Waals surface area (Å²) in [5, 5.41) is 8.70. The second-order valence-electron chi connectivity index (χ2n) is 7.11. The summed E-state index contributed by atoms with van der Waals surface area (Å²) in [5.41, 5.74) is 0.815. The maximum atomic E-state index is 12.1. The third-order valence-corrected chi connectivity index (χ3v) is 4.83. The van der Waals surface area contributed by atoms with Crippen molar-refractivity contribution in [2.75, 3.05) is 20.6 Å². The Labute approximate surface area is 178 Å². The molecule has 0 radical (unpaired) electrons. The molecule has 1 aromatic heterocycles. The highest BCUT2D eigenvalue weighted by Gasteiger charge is 2.22. The zero-order valence-electron chi connectivity index (χ0n) is 16.9. The molecule has 0 saturated carbocycles. The van der Waals surface area contributed by atoms with Crippen LogP contribution < -0.4 is 10.6 Å². The van der Waals surface area contributed by atoms with Crippen LogP contribution in [0.15, 0.2) is 16.4 Å². The Hall–Kier alpha value is -1.03. The predicted octanol–water partition coefficient (Wildman–Crippen LogP) is 3.99. The first kappa shape index (κ1) is 25.0. The lowest BCUT2D eigenvalue weighted by Gasteiger charge is -2.28. The number of hydrogen-bond donors (Lipinski definition) is 2. The molecule has 1 aromatic rings. The van der Waals surface area contributed by atoms with Gasteiger partial charge in [0.2, 0.25) is 0 Å². The van der Waals surface area contributed by atoms with E-state index in [-0.39, 0.29) is 36.1 Å². The van der Waals surface area contributed by atoms with Gasteiger partial charge in [-0.15, -0.1) is 35.3 Å². The number of hydrogen-bond acceptors (Lipinski definition) is 4. The average molecular weight is 496 g/mol. The summed E-state index contributed by atoms with van der Waals surface area (Å²) in [7, 11) is 3.53. The van der Waals surface area contributed by atoms with Gasteiger partial charge in [0.05, 0.1) is 6.54 Å². The third kappa shape index (κ3) is 9.07. The van der Waals surface area contributed by atoms with Crippen LogP contribution in [0, 0.1) is 6.92 Å². The molecule has 1 amide bonds. The highest BCUT2D eigenvalue weighted by Crippen LogP contribution is 2.14. The molecule has 0 aliphatic carbocycles. The molecule has 6 nitrogen and oxygen atoms in total. The fourth-order valence-electron chi connectivity index (χ4n) is 2.08. The van der Waals surface area contributed by atoms with E-state index in [2.05, 4.69) is 34.0 Å². The molecule has 1 atom stereocenters. The number of aryl methyl sites for hydroxylation is 1. The van der Waals surface area contributed by atoms with Crippen molar-refractivity contribution in [3.8, 4) is 0 Å². The van der Waals surface area contributed by atoms with E-state index in [1.807, 2.05) is 27.7 Å². The molecule has 26 heavy (non-hydrogen) atoms. The van der Waals surface area contributed by atoms with Crippen molar-refractivity contribution in [3.05, 3.63) is 21.9 Å². The Kier molecular flexibility index (Phi) is 11.2. The number of carbonyl (C=O) groups is 1. The Morgan fingerprint density at radius 1 is 1.38 bits per heavy atom. The van der Waals surface area contributed by atoms with Crippen LogP contribution in [-0.4, -0.2) is 49.2 Å². The molecule has 2 N–H and O–H groups in total. The molecule has 1 rings (SSSR count). The molecule has 150 valence electrons. The summed E-state index contributed by atoms with van der Waals surface area (Å²) >= 11 is 1.74. The molecule has 0 aromatic carbocycles. The number of aliphatic imine (C=N–C) groups is 1. The van der Waals surface area contributed by atoms with Gasteiger partial charge >= 0.3 is 6.09 Å². The Balaban J connectivity index is 0.00000625. The lowest BCUT2D eigenvalue weighted by atomic mass is 10.2. The summed E-state index contributed by atoms with van der Waals surface area (Å²) in [6, 6.07) is 2.19. The van der Waals surface area contributed by atoms with Crippen LogP contribution in [0.5, 0.6) is 0 Å². The fraction of sp³-hybridized carbons (Fsp3) is 0.667. The smallest absolute Gasteiger partial charge is 0.410 e. The fourth-order valence-corrected chi connectivity index (χ4v) is 2.92. The number of ether oxygens (including phenoxy) is 1. The largest absolute Gasteiger partial charge is 0.444 e. The molecule has 0 fully saturated rings. The molecule has 0 aliphatic rings. The minimum Gasteiger partial charge on any atom is -0.444 e. The van der Waals surface area contributed by atoms with Crippen LogP contribution in [0.2, 0.25) is 0 Å². The van der Waals surface area contributed by atoms with Gasteiger partial charge in [-0.05, 0) is 58.0 Å². The first-order valence-corrected chi connectivity index (χ1v) is 9.45. The van der Waals surface area contributed by atoms with E-state index in [1.165, 1.54) is 10.4 Å². The quantitative estimate of drug-likeness (QED) is 0.355. The third-order valence-electron chi connectivity index (χ3n) is 3.81. The highest BCUT2D eigenvalue weighted by atomic mass is 127. The molecule has 8 heteroatoms. The number of amides is 1. The van der Waals surface area contributed by atoms with Gasteiger partial charge in [0.25, 0.3) is 0 Å². The molecule has 0 spiro atoms. The number of nitrogens with one attached hydrogen (secondary N) is 2. The molecule has 0 bridgehead atoms. The van der Waals surface area contributed by atoms with Gasteiger partial charge in [0, 0.05) is 31.6 Å². The predicted molar refractivity (Wildman–Crippen MR) is 121 cm³/mol. The van der Waals surface area contributed by atoms with Crippen LogP contribution in [0.4, 0.5) is 4.79 Å². The van der Waals surface area contributed by atoms with Gasteiger partial charge in [-0.3, -0.25) is 4.99 Å². The Morgan fingerprint density at radius 3 is 2.54 bits per heavy atom. The van der Waals surface area contributed by atoms with E-state index in [1.54, 1.807) is 30.3 Å². The van der Waals surface area contributed by atoms with Crippen LogP contribution in [0.25, 0.3) is 0 Å². The Morgan fingerprint density at radius 2 is 2.04 bits per heavy atom. The standard InChI is InChI=1S/C18H32N4O2S.HI/c1-13-9-11-25-15(13)12-21-16(19-6)20-10-8-14(2)22(7)17(23)24-18(3,4)5;/h9,11,14H,8,10,12H2,1-7H3,(H2,19,20,21);1H. The first-order valence-electron chi connectivity index (χ1n) is 8.57. The topological polar surface area (TPSA) is 66.0 Å². The molecule has 1 heterocycles. The van der Waals surface area contributed by atoms with Crippen molar-refractivity contribution in [2.24, 2.45) is 4.99 Å². The van der Waals surface area contributed by atoms with Gasteiger partial charge in [-0.25, -0.2) is 4.79 Å². The van der Waals surface area contributed by atoms with Gasteiger partial charge in [-0.1, -0.05) is 0 Å². The van der Waals surface area contributed by atoms with E-state index in [9.17, 15) is 4.79 Å². The molecular formula is C18H33IN4O2S. The maximum absolute atomic E-state index is 12.1. The van der Waals surface area contributed by atoms with Crippen molar-refractivity contribution in [1.29, 1.82) is 0 Å². The summed E-state index contributed by atoms with van der Waals surface area (Å²) in [5.74, 6) is 0.764. The van der Waals surface area contributed by atoms with Crippen LogP contribution in [-0.2, 0) is 11.3 Å². The van der Waals surface area contributed by atoms with Gasteiger partial charge < -0.3 is 20.3 Å². The lowest BCUT2D eigenvalue weighted by molar-refractivity contribution is 0.0230. The number of rotatable bonds is 6. The van der Waals surface area contributed by atoms with E-state index < -0.39 is 5.60 Å². The summed E-state index contributed by atoms with van der Waals surface area (Å²) in [4.78, 5) is 19.2. The minimum absolute atomic E-state index is 0. The van der Waals surface area contributed by atoms with Crippen molar-refractivity contribution >= 4 is 47.4 Å².